The van der Waals surface area contributed by atoms with E-state index in [4.69, 9.17) is 0 Å². The standard InChI is InChI=1S/C16H23FN2O2S/c1-6-11(14(20)7-2)12-8-9-18-13(15(12)17)10-19-22(21)16(3,4)5/h6,8-9,19-20H,1,7,10H2,2-5H3/b14-11-/t22-/m0/s1. The van der Waals surface area contributed by atoms with Crippen LogP contribution in [0, 0.1) is 5.82 Å². The van der Waals surface area contributed by atoms with Crippen molar-refractivity contribution in [1.29, 1.82) is 0 Å². The molecule has 0 amide bonds. The van der Waals surface area contributed by atoms with Crippen molar-refractivity contribution in [3.63, 3.8) is 0 Å². The topological polar surface area (TPSA) is 68.2 Å². The molecule has 0 spiro atoms. The van der Waals surface area contributed by atoms with Crippen LogP contribution in [0.2, 0.25) is 0 Å². The molecule has 122 valence electrons. The second kappa shape index (κ2) is 7.76. The van der Waals surface area contributed by atoms with E-state index < -0.39 is 21.9 Å². The average Bonchev–Trinajstić information content (AvgIpc) is 2.46. The number of nitrogens with one attached hydrogen (secondary N) is 1. The molecule has 0 aliphatic carbocycles. The van der Waals surface area contributed by atoms with Gasteiger partial charge in [-0.25, -0.2) is 4.39 Å². The van der Waals surface area contributed by atoms with Crippen molar-refractivity contribution in [3.8, 4) is 0 Å². The lowest BCUT2D eigenvalue weighted by atomic mass is 10.0. The summed E-state index contributed by atoms with van der Waals surface area (Å²) in [5.74, 6) is -0.479. The summed E-state index contributed by atoms with van der Waals surface area (Å²) in [6.45, 7) is 10.9. The number of rotatable bonds is 6. The summed E-state index contributed by atoms with van der Waals surface area (Å²) in [6, 6.07) is 1.49. The molecule has 22 heavy (non-hydrogen) atoms. The van der Waals surface area contributed by atoms with Gasteiger partial charge in [0, 0.05) is 35.1 Å². The molecular weight excluding hydrogens is 303 g/mol. The third-order valence-corrected chi connectivity index (χ3v) is 4.55. The highest BCUT2D eigenvalue weighted by Gasteiger charge is 2.26. The maximum Gasteiger partial charge on any atom is 0.154 e. The minimum Gasteiger partial charge on any atom is -0.598 e. The van der Waals surface area contributed by atoms with E-state index in [0.29, 0.717) is 12.0 Å². The first-order chi connectivity index (χ1) is 10.2. The Balaban J connectivity index is 3.07. The SMILES string of the molecule is C=C/C(=C(/O)CC)c1ccnc(CN[S@@+]([O-])C(C)(C)C)c1F. The number of hydrogen-bond acceptors (Lipinski definition) is 4. The highest BCUT2D eigenvalue weighted by atomic mass is 32.2. The minimum atomic E-state index is -1.31. The number of aliphatic hydroxyl groups is 1. The molecule has 0 saturated heterocycles. The lowest BCUT2D eigenvalue weighted by Crippen LogP contribution is -2.39. The first-order valence-corrected chi connectivity index (χ1v) is 8.21. The second-order valence-corrected chi connectivity index (χ2v) is 7.79. The molecule has 4 nitrogen and oxygen atoms in total. The van der Waals surface area contributed by atoms with Crippen molar-refractivity contribution in [2.24, 2.45) is 0 Å². The third kappa shape index (κ3) is 4.56. The van der Waals surface area contributed by atoms with Crippen LogP contribution in [-0.4, -0.2) is 19.4 Å². The van der Waals surface area contributed by atoms with Gasteiger partial charge in [-0.2, -0.15) is 0 Å². The smallest absolute Gasteiger partial charge is 0.154 e. The van der Waals surface area contributed by atoms with Crippen LogP contribution < -0.4 is 4.72 Å². The largest absolute Gasteiger partial charge is 0.598 e. The Bertz CT molecular complexity index is 568. The molecule has 0 bridgehead atoms. The van der Waals surface area contributed by atoms with Gasteiger partial charge in [0.2, 0.25) is 0 Å². The maximum atomic E-state index is 14.6. The molecular formula is C16H23FN2O2S. The molecule has 1 atom stereocenters. The summed E-state index contributed by atoms with van der Waals surface area (Å²) >= 11 is -1.31. The molecule has 0 saturated carbocycles. The number of allylic oxidation sites excluding steroid dienone is 3. The van der Waals surface area contributed by atoms with Crippen LogP contribution in [0.3, 0.4) is 0 Å². The van der Waals surface area contributed by atoms with Crippen molar-refractivity contribution in [3.05, 3.63) is 47.8 Å². The first kappa shape index (κ1) is 18.7. The normalized spacial score (nSPS) is 14.5. The Morgan fingerprint density at radius 3 is 2.68 bits per heavy atom. The highest BCUT2D eigenvalue weighted by Crippen LogP contribution is 2.24. The summed E-state index contributed by atoms with van der Waals surface area (Å²) in [5.41, 5.74) is 0.738. The van der Waals surface area contributed by atoms with Crippen molar-refractivity contribution in [2.75, 3.05) is 0 Å². The fourth-order valence-corrected chi connectivity index (χ4v) is 2.44. The van der Waals surface area contributed by atoms with Crippen molar-refractivity contribution < 1.29 is 14.0 Å². The molecule has 0 fully saturated rings. The summed E-state index contributed by atoms with van der Waals surface area (Å²) in [5, 5.41) is 9.87. The van der Waals surface area contributed by atoms with Crippen LogP contribution in [0.1, 0.15) is 45.4 Å². The molecule has 1 aromatic heterocycles. The van der Waals surface area contributed by atoms with Crippen molar-refractivity contribution in [2.45, 2.75) is 45.4 Å². The molecule has 0 unspecified atom stereocenters. The van der Waals surface area contributed by atoms with Crippen molar-refractivity contribution in [1.82, 2.24) is 9.71 Å². The van der Waals surface area contributed by atoms with Crippen LogP contribution in [0.25, 0.3) is 5.57 Å². The van der Waals surface area contributed by atoms with Gasteiger partial charge < -0.3 is 9.66 Å². The number of pyridine rings is 1. The number of nitrogens with zero attached hydrogens (tertiary/aromatic N) is 1. The van der Waals surface area contributed by atoms with Gasteiger partial charge >= 0.3 is 0 Å². The van der Waals surface area contributed by atoms with Gasteiger partial charge in [-0.15, -0.1) is 4.72 Å². The van der Waals surface area contributed by atoms with E-state index in [1.54, 1.807) is 6.92 Å². The summed E-state index contributed by atoms with van der Waals surface area (Å²) in [6.07, 6.45) is 3.26. The zero-order chi connectivity index (χ0) is 16.9. The summed E-state index contributed by atoms with van der Waals surface area (Å²) in [4.78, 5) is 3.98. The lowest BCUT2D eigenvalue weighted by Gasteiger charge is -2.23. The maximum absolute atomic E-state index is 14.6. The zero-order valence-electron chi connectivity index (χ0n) is 13.4. The van der Waals surface area contributed by atoms with Gasteiger partial charge in [-0.05, 0) is 26.8 Å². The van der Waals surface area contributed by atoms with Gasteiger partial charge in [0.05, 0.1) is 18.0 Å². The predicted octanol–water partition coefficient (Wildman–Crippen LogP) is 3.64. The Labute approximate surface area is 134 Å². The fourth-order valence-electron chi connectivity index (χ4n) is 1.74. The molecule has 6 heteroatoms. The van der Waals surface area contributed by atoms with E-state index in [-0.39, 0.29) is 23.6 Å². The third-order valence-electron chi connectivity index (χ3n) is 3.03. The molecule has 0 aromatic carbocycles. The molecule has 0 radical (unpaired) electrons. The number of aromatic nitrogens is 1. The minimum absolute atomic E-state index is 0.0425. The van der Waals surface area contributed by atoms with E-state index in [2.05, 4.69) is 16.3 Å². The van der Waals surface area contributed by atoms with E-state index in [1.165, 1.54) is 18.3 Å². The van der Waals surface area contributed by atoms with Crippen LogP contribution in [0.5, 0.6) is 0 Å². The van der Waals surface area contributed by atoms with E-state index in [0.717, 1.165) is 0 Å². The van der Waals surface area contributed by atoms with E-state index >= 15 is 0 Å². The van der Waals surface area contributed by atoms with Crippen LogP contribution in [0.4, 0.5) is 4.39 Å². The highest BCUT2D eigenvalue weighted by molar-refractivity contribution is 7.90. The van der Waals surface area contributed by atoms with E-state index in [1.807, 2.05) is 20.8 Å². The zero-order valence-corrected chi connectivity index (χ0v) is 14.3. The molecule has 0 aliphatic heterocycles. The van der Waals surface area contributed by atoms with E-state index in [9.17, 15) is 14.0 Å². The summed E-state index contributed by atoms with van der Waals surface area (Å²) < 4.78 is 28.9. The fraction of sp³-hybridized carbons (Fsp3) is 0.438. The van der Waals surface area contributed by atoms with Crippen LogP contribution in [-0.2, 0) is 17.9 Å². The lowest BCUT2D eigenvalue weighted by molar-refractivity contribution is 0.397. The van der Waals surface area contributed by atoms with Gasteiger partial charge in [-0.3, -0.25) is 4.98 Å². The second-order valence-electron chi connectivity index (χ2n) is 5.74. The Morgan fingerprint density at radius 2 is 2.18 bits per heavy atom. The van der Waals surface area contributed by atoms with Gasteiger partial charge in [-0.1, -0.05) is 19.6 Å². The Hall–Kier alpha value is -1.37. The number of hydrogen-bond donors (Lipinski definition) is 2. The monoisotopic (exact) mass is 326 g/mol. The van der Waals surface area contributed by atoms with Crippen LogP contribution >= 0.6 is 0 Å². The molecule has 1 rings (SSSR count). The Morgan fingerprint density at radius 1 is 1.55 bits per heavy atom. The van der Waals surface area contributed by atoms with Crippen molar-refractivity contribution >= 4 is 16.9 Å². The molecule has 0 aliphatic rings. The predicted molar refractivity (Wildman–Crippen MR) is 89.0 cm³/mol. The molecule has 1 heterocycles. The quantitative estimate of drug-likeness (QED) is 0.476. The van der Waals surface area contributed by atoms with Crippen LogP contribution in [0.15, 0.2) is 30.7 Å². The molecule has 1 aromatic rings. The Kier molecular flexibility index (Phi) is 6.59. The van der Waals surface area contributed by atoms with Gasteiger partial charge in [0.1, 0.15) is 4.75 Å². The molecule has 2 N–H and O–H groups in total. The average molecular weight is 326 g/mol. The first-order valence-electron chi connectivity index (χ1n) is 7.06. The van der Waals surface area contributed by atoms with Gasteiger partial charge in [0.15, 0.2) is 5.82 Å². The number of aliphatic hydroxyl groups excluding tert-OH is 1. The number of halogens is 1. The summed E-state index contributed by atoms with van der Waals surface area (Å²) in [7, 11) is 0. The van der Waals surface area contributed by atoms with Gasteiger partial charge in [0.25, 0.3) is 0 Å².